The third-order valence-corrected chi connectivity index (χ3v) is 5.79. The van der Waals surface area contributed by atoms with Crippen LogP contribution in [0, 0.1) is 11.6 Å². The molecule has 2 aromatic heterocycles. The molecule has 0 aliphatic carbocycles. The van der Waals surface area contributed by atoms with Crippen molar-refractivity contribution in [2.24, 2.45) is 14.1 Å². The Morgan fingerprint density at radius 2 is 1.66 bits per heavy atom. The molecule has 184 valence electrons. The number of hydrogen-bond donors (Lipinski definition) is 1. The highest BCUT2D eigenvalue weighted by molar-refractivity contribution is 5.74. The van der Waals surface area contributed by atoms with E-state index in [-0.39, 0.29) is 29.2 Å². The van der Waals surface area contributed by atoms with Crippen LogP contribution in [0.3, 0.4) is 0 Å². The Kier molecular flexibility index (Phi) is 6.59. The maximum absolute atomic E-state index is 14.4. The lowest BCUT2D eigenvalue weighted by molar-refractivity contribution is 0.393. The molecule has 2 heterocycles. The van der Waals surface area contributed by atoms with Crippen molar-refractivity contribution >= 4 is 17.1 Å². The van der Waals surface area contributed by atoms with E-state index in [1.165, 1.54) is 23.2 Å². The lowest BCUT2D eigenvalue weighted by Crippen LogP contribution is -2.37. The summed E-state index contributed by atoms with van der Waals surface area (Å²) >= 11 is 0. The number of nitrogens with one attached hydrogen (secondary N) is 1. The summed E-state index contributed by atoms with van der Waals surface area (Å²) in [4.78, 5) is 29.9. The normalized spacial score (nSPS) is 11.1. The number of imidazole rings is 1. The lowest BCUT2D eigenvalue weighted by Gasteiger charge is -2.13. The monoisotopic (exact) mass is 485 g/mol. The summed E-state index contributed by atoms with van der Waals surface area (Å²) in [5, 5.41) is 3.16. The molecule has 0 amide bonds. The number of hydrogen-bond acceptors (Lipinski definition) is 6. The lowest BCUT2D eigenvalue weighted by atomic mass is 10.1. The minimum absolute atomic E-state index is 0.0424. The molecule has 11 heteroatoms. The first-order valence-electron chi connectivity index (χ1n) is 10.8. The van der Waals surface area contributed by atoms with E-state index >= 15 is 0 Å². The first kappa shape index (κ1) is 24.0. The molecule has 0 unspecified atom stereocenters. The van der Waals surface area contributed by atoms with Crippen LogP contribution < -0.4 is 26.0 Å². The van der Waals surface area contributed by atoms with Gasteiger partial charge in [-0.1, -0.05) is 0 Å². The molecular formula is C24H25F2N5O4. The quantitative estimate of drug-likeness (QED) is 0.412. The molecule has 1 N–H and O–H groups in total. The van der Waals surface area contributed by atoms with Crippen molar-refractivity contribution < 1.29 is 18.3 Å². The number of aryl methyl sites for hydroxylation is 1. The second-order valence-electron chi connectivity index (χ2n) is 8.03. The molecule has 0 atom stereocenters. The highest BCUT2D eigenvalue weighted by atomic mass is 19.1. The SMILES string of the molecule is COc1cc(CCNc2nc3c(c(=O)n(C)c(=O)n3C)n2Cc2cc(F)ccc2F)cc(OC)c1. The molecular weight excluding hydrogens is 460 g/mol. The molecule has 4 rings (SSSR count). The van der Waals surface area contributed by atoms with E-state index in [9.17, 15) is 18.4 Å². The van der Waals surface area contributed by atoms with Crippen LogP contribution in [0.15, 0.2) is 46.0 Å². The number of aromatic nitrogens is 4. The van der Waals surface area contributed by atoms with Crippen molar-refractivity contribution in [1.29, 1.82) is 0 Å². The van der Waals surface area contributed by atoms with Gasteiger partial charge in [0.2, 0.25) is 5.95 Å². The van der Waals surface area contributed by atoms with Gasteiger partial charge in [0.05, 0.1) is 20.8 Å². The Balaban J connectivity index is 1.74. The number of anilines is 1. The number of fused-ring (bicyclic) bond motifs is 1. The summed E-state index contributed by atoms with van der Waals surface area (Å²) in [6, 6.07) is 8.62. The van der Waals surface area contributed by atoms with Gasteiger partial charge in [0.1, 0.15) is 23.1 Å². The fourth-order valence-corrected chi connectivity index (χ4v) is 3.90. The van der Waals surface area contributed by atoms with Crippen molar-refractivity contribution in [2.75, 3.05) is 26.1 Å². The average Bonchev–Trinajstić information content (AvgIpc) is 3.21. The van der Waals surface area contributed by atoms with Gasteiger partial charge in [-0.25, -0.2) is 13.6 Å². The molecule has 0 bridgehead atoms. The zero-order valence-electron chi connectivity index (χ0n) is 19.8. The smallest absolute Gasteiger partial charge is 0.332 e. The van der Waals surface area contributed by atoms with Crippen LogP contribution >= 0.6 is 0 Å². The molecule has 2 aromatic carbocycles. The van der Waals surface area contributed by atoms with Crippen molar-refractivity contribution in [3.63, 3.8) is 0 Å². The molecule has 0 spiro atoms. The Morgan fingerprint density at radius 3 is 2.31 bits per heavy atom. The van der Waals surface area contributed by atoms with E-state index < -0.39 is 22.9 Å². The number of ether oxygens (including phenoxy) is 2. The van der Waals surface area contributed by atoms with Crippen molar-refractivity contribution in [1.82, 2.24) is 18.7 Å². The van der Waals surface area contributed by atoms with E-state index in [1.54, 1.807) is 20.3 Å². The second-order valence-corrected chi connectivity index (χ2v) is 8.03. The van der Waals surface area contributed by atoms with Crippen LogP contribution in [0.25, 0.3) is 11.2 Å². The van der Waals surface area contributed by atoms with E-state index in [0.717, 1.165) is 28.3 Å². The molecule has 35 heavy (non-hydrogen) atoms. The molecule has 0 aliphatic rings. The zero-order valence-corrected chi connectivity index (χ0v) is 19.8. The van der Waals surface area contributed by atoms with E-state index in [4.69, 9.17) is 9.47 Å². The Bertz CT molecular complexity index is 1500. The van der Waals surface area contributed by atoms with Gasteiger partial charge in [0.25, 0.3) is 5.56 Å². The van der Waals surface area contributed by atoms with Crippen LogP contribution in [0.2, 0.25) is 0 Å². The van der Waals surface area contributed by atoms with Gasteiger partial charge in [-0.2, -0.15) is 4.98 Å². The molecule has 0 aliphatic heterocycles. The standard InChI is InChI=1S/C24H25F2N5O4/c1-29-21-20(22(32)30(2)24(29)33)31(13-15-11-16(25)5-6-19(15)26)23(28-21)27-8-7-14-9-17(34-3)12-18(10-14)35-4/h5-6,9-12H,7-8,13H2,1-4H3,(H,27,28). The number of methoxy groups -OCH3 is 2. The molecule has 9 nitrogen and oxygen atoms in total. The molecule has 4 aromatic rings. The van der Waals surface area contributed by atoms with Gasteiger partial charge in [0, 0.05) is 32.3 Å². The van der Waals surface area contributed by atoms with Crippen molar-refractivity contribution in [3.8, 4) is 11.5 Å². The van der Waals surface area contributed by atoms with Gasteiger partial charge >= 0.3 is 5.69 Å². The zero-order chi connectivity index (χ0) is 25.3. The molecule has 0 fully saturated rings. The minimum atomic E-state index is -0.621. The van der Waals surface area contributed by atoms with Gasteiger partial charge in [-0.3, -0.25) is 18.5 Å². The van der Waals surface area contributed by atoms with Crippen molar-refractivity contribution in [3.05, 3.63) is 80.0 Å². The largest absolute Gasteiger partial charge is 0.497 e. The summed E-state index contributed by atoms with van der Waals surface area (Å²) in [6.45, 7) is 0.225. The third kappa shape index (κ3) is 4.61. The molecule has 0 saturated carbocycles. The van der Waals surface area contributed by atoms with E-state index in [0.29, 0.717) is 24.5 Å². The van der Waals surface area contributed by atoms with Gasteiger partial charge in [-0.05, 0) is 42.3 Å². The molecule has 0 saturated heterocycles. The summed E-state index contributed by atoms with van der Waals surface area (Å²) in [5.41, 5.74) is 0.0815. The van der Waals surface area contributed by atoms with Crippen LogP contribution in [0.4, 0.5) is 14.7 Å². The fraction of sp³-hybridized carbons (Fsp3) is 0.292. The summed E-state index contributed by atoms with van der Waals surface area (Å²) < 4.78 is 42.5. The topological polar surface area (TPSA) is 92.3 Å². The number of benzene rings is 2. The summed E-state index contributed by atoms with van der Waals surface area (Å²) in [6.07, 6.45) is 0.544. The third-order valence-electron chi connectivity index (χ3n) is 5.79. The van der Waals surface area contributed by atoms with Gasteiger partial charge in [-0.15, -0.1) is 0 Å². The first-order valence-corrected chi connectivity index (χ1v) is 10.8. The Hall–Kier alpha value is -4.15. The fourth-order valence-electron chi connectivity index (χ4n) is 3.90. The van der Waals surface area contributed by atoms with Crippen LogP contribution in [0.5, 0.6) is 11.5 Å². The average molecular weight is 485 g/mol. The van der Waals surface area contributed by atoms with Gasteiger partial charge < -0.3 is 14.8 Å². The highest BCUT2D eigenvalue weighted by Crippen LogP contribution is 2.24. The van der Waals surface area contributed by atoms with E-state index in [2.05, 4.69) is 10.3 Å². The Labute approximate surface area is 199 Å². The number of rotatable bonds is 8. The summed E-state index contributed by atoms with van der Waals surface area (Å²) in [5.74, 6) is 0.312. The van der Waals surface area contributed by atoms with Crippen LogP contribution in [-0.4, -0.2) is 39.4 Å². The maximum Gasteiger partial charge on any atom is 0.332 e. The number of halogens is 2. The number of nitrogens with zero attached hydrogens (tertiary/aromatic N) is 4. The maximum atomic E-state index is 14.4. The molecule has 0 radical (unpaired) electrons. The predicted molar refractivity (Wildman–Crippen MR) is 127 cm³/mol. The van der Waals surface area contributed by atoms with E-state index in [1.807, 2.05) is 12.1 Å². The van der Waals surface area contributed by atoms with Crippen molar-refractivity contribution in [2.45, 2.75) is 13.0 Å². The van der Waals surface area contributed by atoms with Gasteiger partial charge in [0.15, 0.2) is 11.2 Å². The second kappa shape index (κ2) is 9.61. The Morgan fingerprint density at radius 1 is 0.971 bits per heavy atom. The minimum Gasteiger partial charge on any atom is -0.497 e. The predicted octanol–water partition coefficient (Wildman–Crippen LogP) is 2.43. The van der Waals surface area contributed by atoms with Crippen LogP contribution in [0.1, 0.15) is 11.1 Å². The summed E-state index contributed by atoms with van der Waals surface area (Å²) in [7, 11) is 5.98. The van der Waals surface area contributed by atoms with Crippen LogP contribution in [-0.2, 0) is 27.1 Å². The first-order chi connectivity index (χ1) is 16.7. The highest BCUT2D eigenvalue weighted by Gasteiger charge is 2.20.